The second kappa shape index (κ2) is 8.21. The molecule has 0 radical (unpaired) electrons. The number of hydrogen-bond acceptors (Lipinski definition) is 7. The number of sulfonamides is 1. The number of carbonyl (C=O) groups is 3. The first-order valence-electron chi connectivity index (χ1n) is 9.88. The monoisotopic (exact) mass is 468 g/mol. The lowest BCUT2D eigenvalue weighted by Crippen LogP contribution is -2.44. The number of nitrogens with one attached hydrogen (secondary N) is 1. The van der Waals surface area contributed by atoms with Gasteiger partial charge in [0.2, 0.25) is 5.91 Å². The summed E-state index contributed by atoms with van der Waals surface area (Å²) < 4.78 is 37.0. The second-order valence-corrected chi connectivity index (χ2v) is 9.16. The molecule has 0 bridgehead atoms. The molecule has 0 spiro atoms. The van der Waals surface area contributed by atoms with Crippen LogP contribution in [0.25, 0.3) is 10.8 Å². The van der Waals surface area contributed by atoms with Crippen molar-refractivity contribution in [1.29, 1.82) is 0 Å². The van der Waals surface area contributed by atoms with Gasteiger partial charge < -0.3 is 14.8 Å². The average molecular weight is 468 g/mol. The second-order valence-electron chi connectivity index (χ2n) is 7.38. The molecule has 1 aliphatic heterocycles. The van der Waals surface area contributed by atoms with Gasteiger partial charge in [-0.1, -0.05) is 24.3 Å². The van der Waals surface area contributed by atoms with E-state index in [1.54, 1.807) is 30.3 Å². The van der Waals surface area contributed by atoms with Crippen LogP contribution in [0.2, 0.25) is 0 Å². The van der Waals surface area contributed by atoms with Crippen LogP contribution >= 0.6 is 0 Å². The Kier molecular flexibility index (Phi) is 5.54. The van der Waals surface area contributed by atoms with Crippen LogP contribution in [-0.4, -0.2) is 46.5 Å². The molecule has 33 heavy (non-hydrogen) atoms. The van der Waals surface area contributed by atoms with Crippen LogP contribution in [0, 0.1) is 0 Å². The Bertz CT molecular complexity index is 1380. The lowest BCUT2D eigenvalue weighted by molar-refractivity contribution is -0.116. The third-order valence-electron chi connectivity index (χ3n) is 5.39. The summed E-state index contributed by atoms with van der Waals surface area (Å²) in [5.74, 6) is -2.08. The van der Waals surface area contributed by atoms with E-state index in [9.17, 15) is 22.8 Å². The third-order valence-corrected chi connectivity index (χ3v) is 7.32. The normalized spacial score (nSPS) is 14.6. The van der Waals surface area contributed by atoms with E-state index in [0.717, 1.165) is 9.69 Å². The molecule has 10 heteroatoms. The van der Waals surface area contributed by atoms with Crippen molar-refractivity contribution in [3.8, 4) is 0 Å². The number of carbonyl (C=O) groups excluding carboxylic acids is 3. The summed E-state index contributed by atoms with van der Waals surface area (Å²) >= 11 is 0. The molecule has 1 N–H and O–H groups in total. The average Bonchev–Trinajstić information content (AvgIpc) is 3.05. The third kappa shape index (κ3) is 3.68. The van der Waals surface area contributed by atoms with Crippen LogP contribution in [0.1, 0.15) is 27.6 Å². The summed E-state index contributed by atoms with van der Waals surface area (Å²) in [5.41, 5.74) is 0.565. The standard InChI is InChI=1S/C23H20N2O7S/c1-13(25-18-8-4-6-14-7-5-9-19(20(14)18)33(25,29)30)21(26)24-17-11-15(22(27)31-2)10-16(12-17)23(28)32-3/h4-13H,1-3H3,(H,24,26)/t13-/m1/s1. The van der Waals surface area contributed by atoms with Gasteiger partial charge in [0.25, 0.3) is 10.0 Å². The summed E-state index contributed by atoms with van der Waals surface area (Å²) in [4.78, 5) is 37.2. The van der Waals surface area contributed by atoms with Crippen LogP contribution in [0.3, 0.4) is 0 Å². The SMILES string of the molecule is COC(=O)c1cc(NC(=O)[C@@H](C)N2c3cccc4cccc(c34)S2(=O)=O)cc(C(=O)OC)c1. The molecule has 170 valence electrons. The number of amides is 1. The highest BCUT2D eigenvalue weighted by Crippen LogP contribution is 2.43. The minimum absolute atomic E-state index is 0.0225. The van der Waals surface area contributed by atoms with Crippen LogP contribution in [0.4, 0.5) is 11.4 Å². The van der Waals surface area contributed by atoms with E-state index in [1.807, 2.05) is 0 Å². The van der Waals surface area contributed by atoms with Crippen molar-refractivity contribution in [3.05, 3.63) is 65.7 Å². The molecule has 1 amide bonds. The maximum Gasteiger partial charge on any atom is 0.337 e. The highest BCUT2D eigenvalue weighted by molar-refractivity contribution is 7.93. The molecule has 0 aromatic heterocycles. The Hall–Kier alpha value is -3.92. The van der Waals surface area contributed by atoms with E-state index in [0.29, 0.717) is 11.1 Å². The van der Waals surface area contributed by atoms with Crippen molar-refractivity contribution in [2.24, 2.45) is 0 Å². The lowest BCUT2D eigenvalue weighted by atomic mass is 10.1. The largest absolute Gasteiger partial charge is 0.465 e. The summed E-state index contributed by atoms with van der Waals surface area (Å²) in [6.07, 6.45) is 0. The van der Waals surface area contributed by atoms with Crippen molar-refractivity contribution < 1.29 is 32.3 Å². The van der Waals surface area contributed by atoms with E-state index >= 15 is 0 Å². The maximum absolute atomic E-state index is 13.3. The number of rotatable bonds is 5. The molecule has 3 aromatic rings. The van der Waals surface area contributed by atoms with Gasteiger partial charge in [-0.2, -0.15) is 0 Å². The van der Waals surface area contributed by atoms with Crippen LogP contribution in [-0.2, 0) is 24.3 Å². The molecule has 0 aliphatic carbocycles. The molecule has 0 unspecified atom stereocenters. The van der Waals surface area contributed by atoms with Crippen molar-refractivity contribution in [2.75, 3.05) is 23.8 Å². The minimum Gasteiger partial charge on any atom is -0.465 e. The number of hydrogen-bond donors (Lipinski definition) is 1. The first-order valence-corrected chi connectivity index (χ1v) is 11.3. The van der Waals surface area contributed by atoms with Gasteiger partial charge in [0.05, 0.1) is 35.9 Å². The number of ether oxygens (including phenoxy) is 2. The van der Waals surface area contributed by atoms with E-state index < -0.39 is 33.9 Å². The zero-order valence-electron chi connectivity index (χ0n) is 18.0. The molecule has 1 aliphatic rings. The Labute approximate surface area is 190 Å². The van der Waals surface area contributed by atoms with E-state index in [4.69, 9.17) is 9.47 Å². The molecule has 3 aromatic carbocycles. The number of benzene rings is 3. The summed E-state index contributed by atoms with van der Waals surface area (Å²) in [7, 11) is -1.59. The van der Waals surface area contributed by atoms with Gasteiger partial charge in [0, 0.05) is 11.1 Å². The number of anilines is 2. The maximum atomic E-state index is 13.3. The van der Waals surface area contributed by atoms with Crippen LogP contribution in [0.5, 0.6) is 0 Å². The first kappa shape index (κ1) is 22.3. The first-order chi connectivity index (χ1) is 15.7. The predicted molar refractivity (Wildman–Crippen MR) is 121 cm³/mol. The number of esters is 2. The summed E-state index contributed by atoms with van der Waals surface area (Å²) in [6, 6.07) is 12.9. The molecule has 1 atom stereocenters. The van der Waals surface area contributed by atoms with Crippen LogP contribution < -0.4 is 9.62 Å². The predicted octanol–water partition coefficient (Wildman–Crippen LogP) is 2.95. The number of nitrogens with zero attached hydrogens (tertiary/aromatic N) is 1. The van der Waals surface area contributed by atoms with Gasteiger partial charge in [-0.15, -0.1) is 0 Å². The molecule has 4 rings (SSSR count). The molecule has 9 nitrogen and oxygen atoms in total. The fourth-order valence-electron chi connectivity index (χ4n) is 3.86. The van der Waals surface area contributed by atoms with Gasteiger partial charge in [0.1, 0.15) is 6.04 Å². The lowest BCUT2D eigenvalue weighted by Gasteiger charge is -2.25. The topological polar surface area (TPSA) is 119 Å². The Morgan fingerprint density at radius 1 is 0.909 bits per heavy atom. The van der Waals surface area contributed by atoms with E-state index in [2.05, 4.69) is 5.32 Å². The van der Waals surface area contributed by atoms with E-state index in [-0.39, 0.29) is 21.7 Å². The van der Waals surface area contributed by atoms with Crippen LogP contribution in [0.15, 0.2) is 59.5 Å². The van der Waals surface area contributed by atoms with Gasteiger partial charge in [-0.05, 0) is 42.6 Å². The Balaban J connectivity index is 1.70. The molecular formula is C23H20N2O7S. The van der Waals surface area contributed by atoms with Gasteiger partial charge in [-0.25, -0.2) is 18.0 Å². The Morgan fingerprint density at radius 2 is 1.48 bits per heavy atom. The van der Waals surface area contributed by atoms with Crippen molar-refractivity contribution >= 4 is 50.0 Å². The number of methoxy groups -OCH3 is 2. The van der Waals surface area contributed by atoms with Crippen molar-refractivity contribution in [3.63, 3.8) is 0 Å². The fraction of sp³-hybridized carbons (Fsp3) is 0.174. The van der Waals surface area contributed by atoms with Crippen molar-refractivity contribution in [1.82, 2.24) is 0 Å². The smallest absolute Gasteiger partial charge is 0.337 e. The fourth-order valence-corrected chi connectivity index (χ4v) is 5.73. The highest BCUT2D eigenvalue weighted by atomic mass is 32.2. The zero-order chi connectivity index (χ0) is 23.9. The molecule has 0 saturated heterocycles. The van der Waals surface area contributed by atoms with E-state index in [1.165, 1.54) is 45.4 Å². The van der Waals surface area contributed by atoms with Gasteiger partial charge in [-0.3, -0.25) is 9.10 Å². The summed E-state index contributed by atoms with van der Waals surface area (Å²) in [5, 5.41) is 3.90. The quantitative estimate of drug-likeness (QED) is 0.572. The summed E-state index contributed by atoms with van der Waals surface area (Å²) in [6.45, 7) is 1.46. The molecular weight excluding hydrogens is 448 g/mol. The van der Waals surface area contributed by atoms with Gasteiger partial charge in [0.15, 0.2) is 0 Å². The zero-order valence-corrected chi connectivity index (χ0v) is 18.8. The van der Waals surface area contributed by atoms with Crippen molar-refractivity contribution in [2.45, 2.75) is 17.9 Å². The van der Waals surface area contributed by atoms with Gasteiger partial charge >= 0.3 is 11.9 Å². The molecule has 0 saturated carbocycles. The molecule has 1 heterocycles. The molecule has 0 fully saturated rings. The minimum atomic E-state index is -3.96. The Morgan fingerprint density at radius 3 is 2.06 bits per heavy atom. The highest BCUT2D eigenvalue weighted by Gasteiger charge is 2.40.